The van der Waals surface area contributed by atoms with Crippen LogP contribution in [0.5, 0.6) is 5.75 Å². The highest BCUT2D eigenvalue weighted by molar-refractivity contribution is 8.14. The molecule has 1 saturated carbocycles. The van der Waals surface area contributed by atoms with Gasteiger partial charge in [0.15, 0.2) is 5.17 Å². The van der Waals surface area contributed by atoms with Crippen molar-refractivity contribution in [3.63, 3.8) is 0 Å². The molecule has 1 fully saturated rings. The van der Waals surface area contributed by atoms with Crippen LogP contribution in [0.15, 0.2) is 34.3 Å². The number of anilines is 1. The zero-order chi connectivity index (χ0) is 15.5. The van der Waals surface area contributed by atoms with Crippen molar-refractivity contribution in [2.45, 2.75) is 19.3 Å². The number of thioether (sulfide) groups is 1. The normalized spacial score (nSPS) is 20.2. The van der Waals surface area contributed by atoms with E-state index >= 15 is 0 Å². The first-order valence-corrected chi connectivity index (χ1v) is 8.02. The number of hydrogen-bond acceptors (Lipinski definition) is 5. The van der Waals surface area contributed by atoms with E-state index in [0.29, 0.717) is 10.9 Å². The van der Waals surface area contributed by atoms with Gasteiger partial charge in [0.25, 0.3) is 5.91 Å². The number of amidine groups is 1. The van der Waals surface area contributed by atoms with E-state index in [9.17, 15) is 14.7 Å². The SMILES string of the molecule is O=C(CSC1=NC(=O)C2CCCC2=N1)Nc1cccc(O)c1. The summed E-state index contributed by atoms with van der Waals surface area (Å²) in [5.41, 5.74) is 1.42. The Kier molecular flexibility index (Phi) is 4.24. The number of phenols is 1. The first kappa shape index (κ1) is 14.8. The summed E-state index contributed by atoms with van der Waals surface area (Å²) < 4.78 is 0. The average Bonchev–Trinajstić information content (AvgIpc) is 2.94. The summed E-state index contributed by atoms with van der Waals surface area (Å²) in [5.74, 6) is -0.307. The predicted octanol–water partition coefficient (Wildman–Crippen LogP) is 2.20. The smallest absolute Gasteiger partial charge is 0.256 e. The molecule has 0 bridgehead atoms. The largest absolute Gasteiger partial charge is 0.508 e. The van der Waals surface area contributed by atoms with Crippen LogP contribution in [0.4, 0.5) is 5.69 Å². The van der Waals surface area contributed by atoms with Gasteiger partial charge in [-0.25, -0.2) is 4.99 Å². The molecule has 2 amide bonds. The van der Waals surface area contributed by atoms with Crippen LogP contribution >= 0.6 is 11.8 Å². The third-order valence-electron chi connectivity index (χ3n) is 3.53. The average molecular weight is 317 g/mol. The minimum absolute atomic E-state index is 0.0892. The fraction of sp³-hybridized carbons (Fsp3) is 0.333. The van der Waals surface area contributed by atoms with Crippen molar-refractivity contribution in [1.29, 1.82) is 0 Å². The predicted molar refractivity (Wildman–Crippen MR) is 86.4 cm³/mol. The molecule has 1 aromatic rings. The standard InChI is InChI=1S/C15H15N3O3S/c19-10-4-1-3-9(7-10)16-13(20)8-22-15-17-12-6-2-5-11(12)14(21)18-15/h1,3-4,7,11,19H,2,5-6,8H2,(H,16,20). The van der Waals surface area contributed by atoms with Gasteiger partial charge in [-0.05, 0) is 31.4 Å². The monoisotopic (exact) mass is 317 g/mol. The summed E-state index contributed by atoms with van der Waals surface area (Å²) in [6, 6.07) is 6.33. The lowest BCUT2D eigenvalue weighted by atomic mass is 10.1. The van der Waals surface area contributed by atoms with E-state index in [1.54, 1.807) is 12.1 Å². The third kappa shape index (κ3) is 3.36. The number of carbonyl (C=O) groups is 2. The summed E-state index contributed by atoms with van der Waals surface area (Å²) in [6.45, 7) is 0. The molecule has 1 heterocycles. The summed E-state index contributed by atoms with van der Waals surface area (Å²) >= 11 is 1.15. The Hall–Kier alpha value is -2.15. The van der Waals surface area contributed by atoms with Crippen LogP contribution in [-0.4, -0.2) is 33.6 Å². The summed E-state index contributed by atoms with van der Waals surface area (Å²) in [5, 5.41) is 12.4. The molecule has 2 N–H and O–H groups in total. The zero-order valence-corrected chi connectivity index (χ0v) is 12.6. The van der Waals surface area contributed by atoms with E-state index in [2.05, 4.69) is 15.3 Å². The molecule has 1 atom stereocenters. The highest BCUT2D eigenvalue weighted by Gasteiger charge is 2.32. The van der Waals surface area contributed by atoms with Gasteiger partial charge in [0.05, 0.1) is 11.7 Å². The summed E-state index contributed by atoms with van der Waals surface area (Å²) in [7, 11) is 0. The molecular formula is C15H15N3O3S. The van der Waals surface area contributed by atoms with E-state index < -0.39 is 0 Å². The Morgan fingerprint density at radius 1 is 1.41 bits per heavy atom. The van der Waals surface area contributed by atoms with Gasteiger partial charge in [-0.15, -0.1) is 0 Å². The van der Waals surface area contributed by atoms with Gasteiger partial charge >= 0.3 is 0 Å². The highest BCUT2D eigenvalue weighted by Crippen LogP contribution is 2.28. The van der Waals surface area contributed by atoms with Crippen molar-refractivity contribution in [1.82, 2.24) is 0 Å². The summed E-state index contributed by atoms with van der Waals surface area (Å²) in [6.07, 6.45) is 2.64. The molecule has 1 aliphatic heterocycles. The molecule has 0 spiro atoms. The lowest BCUT2D eigenvalue weighted by molar-refractivity contribution is -0.119. The molecule has 114 valence electrons. The van der Waals surface area contributed by atoms with Crippen molar-refractivity contribution in [3.05, 3.63) is 24.3 Å². The number of phenolic OH excluding ortho intramolecular Hbond substituents is 1. The minimum Gasteiger partial charge on any atom is -0.508 e. The van der Waals surface area contributed by atoms with Crippen molar-refractivity contribution in [2.75, 3.05) is 11.1 Å². The maximum Gasteiger partial charge on any atom is 0.256 e. The number of aromatic hydroxyl groups is 1. The Morgan fingerprint density at radius 2 is 2.27 bits per heavy atom. The van der Waals surface area contributed by atoms with Crippen molar-refractivity contribution in [2.24, 2.45) is 15.9 Å². The number of benzene rings is 1. The maximum absolute atomic E-state index is 11.9. The number of rotatable bonds is 3. The molecule has 2 aliphatic rings. The Balaban J connectivity index is 1.56. The second-order valence-electron chi connectivity index (χ2n) is 5.17. The molecule has 0 saturated heterocycles. The number of nitrogens with one attached hydrogen (secondary N) is 1. The van der Waals surface area contributed by atoms with Crippen LogP contribution in [0.2, 0.25) is 0 Å². The van der Waals surface area contributed by atoms with Crippen molar-refractivity contribution < 1.29 is 14.7 Å². The lowest BCUT2D eigenvalue weighted by Crippen LogP contribution is -2.24. The second kappa shape index (κ2) is 6.31. The molecule has 0 radical (unpaired) electrons. The van der Waals surface area contributed by atoms with E-state index in [1.165, 1.54) is 12.1 Å². The molecule has 3 rings (SSSR count). The number of hydrogen-bond donors (Lipinski definition) is 2. The number of carbonyl (C=O) groups excluding carboxylic acids is 2. The van der Waals surface area contributed by atoms with Crippen LogP contribution < -0.4 is 5.32 Å². The maximum atomic E-state index is 11.9. The number of aliphatic imine (C=N–C) groups is 2. The van der Waals surface area contributed by atoms with E-state index in [1.807, 2.05) is 0 Å². The van der Waals surface area contributed by atoms with Gasteiger partial charge in [-0.2, -0.15) is 4.99 Å². The van der Waals surface area contributed by atoms with E-state index in [0.717, 1.165) is 36.7 Å². The van der Waals surface area contributed by atoms with Crippen LogP contribution in [0.25, 0.3) is 0 Å². The fourth-order valence-electron chi connectivity index (χ4n) is 2.52. The minimum atomic E-state index is -0.237. The third-order valence-corrected chi connectivity index (χ3v) is 4.38. The Bertz CT molecular complexity index is 684. The molecule has 0 aromatic heterocycles. The van der Waals surface area contributed by atoms with Gasteiger partial charge in [-0.1, -0.05) is 17.8 Å². The fourth-order valence-corrected chi connectivity index (χ4v) is 3.19. The molecule has 7 heteroatoms. The number of amides is 2. The first-order valence-electron chi connectivity index (χ1n) is 7.03. The van der Waals surface area contributed by atoms with Crippen molar-refractivity contribution >= 4 is 40.1 Å². The van der Waals surface area contributed by atoms with E-state index in [4.69, 9.17) is 0 Å². The zero-order valence-electron chi connectivity index (χ0n) is 11.8. The molecule has 6 nitrogen and oxygen atoms in total. The molecule has 1 aromatic carbocycles. The van der Waals surface area contributed by atoms with Crippen LogP contribution in [-0.2, 0) is 9.59 Å². The first-order chi connectivity index (χ1) is 10.6. The quantitative estimate of drug-likeness (QED) is 0.894. The van der Waals surface area contributed by atoms with Gasteiger partial charge in [0.1, 0.15) is 5.75 Å². The Morgan fingerprint density at radius 3 is 3.09 bits per heavy atom. The molecule has 22 heavy (non-hydrogen) atoms. The van der Waals surface area contributed by atoms with Gasteiger partial charge < -0.3 is 10.4 Å². The highest BCUT2D eigenvalue weighted by atomic mass is 32.2. The topological polar surface area (TPSA) is 91.1 Å². The van der Waals surface area contributed by atoms with Crippen molar-refractivity contribution in [3.8, 4) is 5.75 Å². The lowest BCUT2D eigenvalue weighted by Gasteiger charge is -2.13. The molecule has 1 unspecified atom stereocenters. The van der Waals surface area contributed by atoms with Crippen LogP contribution in [0, 0.1) is 5.92 Å². The van der Waals surface area contributed by atoms with Gasteiger partial charge in [-0.3, -0.25) is 9.59 Å². The van der Waals surface area contributed by atoms with Crippen LogP contribution in [0.1, 0.15) is 19.3 Å². The molecular weight excluding hydrogens is 302 g/mol. The number of nitrogens with zero attached hydrogens (tertiary/aromatic N) is 2. The van der Waals surface area contributed by atoms with Gasteiger partial charge in [0, 0.05) is 17.5 Å². The van der Waals surface area contributed by atoms with Gasteiger partial charge in [0.2, 0.25) is 5.91 Å². The molecule has 1 aliphatic carbocycles. The Labute approximate surface area is 131 Å². The van der Waals surface area contributed by atoms with Crippen LogP contribution in [0.3, 0.4) is 0 Å². The number of fused-ring (bicyclic) bond motifs is 1. The second-order valence-corrected chi connectivity index (χ2v) is 6.11. The van der Waals surface area contributed by atoms with E-state index in [-0.39, 0.29) is 29.2 Å². The summed E-state index contributed by atoms with van der Waals surface area (Å²) in [4.78, 5) is 32.1.